The maximum atomic E-state index is 13.3. The number of rotatable bonds is 6. The van der Waals surface area contributed by atoms with E-state index in [1.54, 1.807) is 18.5 Å². The number of nitrogens with zero attached hydrogens (tertiary/aromatic N) is 2. The van der Waals surface area contributed by atoms with Crippen molar-refractivity contribution >= 4 is 0 Å². The van der Waals surface area contributed by atoms with Gasteiger partial charge in [-0.2, -0.15) is 0 Å². The normalized spacial score (nSPS) is 10.6. The third-order valence-corrected chi connectivity index (χ3v) is 3.30. The Morgan fingerprint density at radius 1 is 0.875 bits per heavy atom. The Morgan fingerprint density at radius 2 is 1.75 bits per heavy atom. The molecular formula is C18H15F2N3O. The van der Waals surface area contributed by atoms with Crippen LogP contribution in [0.15, 0.2) is 60.9 Å². The minimum Gasteiger partial charge on any atom is -0.439 e. The van der Waals surface area contributed by atoms with Gasteiger partial charge >= 0.3 is 0 Å². The first-order valence-corrected chi connectivity index (χ1v) is 7.40. The van der Waals surface area contributed by atoms with E-state index in [-0.39, 0.29) is 5.75 Å². The fraction of sp³-hybridized carbons (Fsp3) is 0.111. The van der Waals surface area contributed by atoms with Crippen LogP contribution in [0.2, 0.25) is 0 Å². The Hall–Kier alpha value is -2.86. The summed E-state index contributed by atoms with van der Waals surface area (Å²) in [5.41, 5.74) is 1.72. The molecule has 0 radical (unpaired) electrons. The van der Waals surface area contributed by atoms with E-state index in [4.69, 9.17) is 4.74 Å². The molecule has 4 nitrogen and oxygen atoms in total. The van der Waals surface area contributed by atoms with Crippen molar-refractivity contribution in [3.05, 3.63) is 83.8 Å². The van der Waals surface area contributed by atoms with E-state index in [0.717, 1.165) is 23.4 Å². The number of nitrogens with one attached hydrogen (secondary N) is 1. The number of hydrogen-bond acceptors (Lipinski definition) is 4. The second-order valence-corrected chi connectivity index (χ2v) is 5.07. The first kappa shape index (κ1) is 16.0. The summed E-state index contributed by atoms with van der Waals surface area (Å²) in [4.78, 5) is 8.39. The second kappa shape index (κ2) is 7.61. The maximum absolute atomic E-state index is 13.3. The summed E-state index contributed by atoms with van der Waals surface area (Å²) in [5, 5.41) is 3.25. The zero-order valence-corrected chi connectivity index (χ0v) is 12.7. The van der Waals surface area contributed by atoms with Crippen molar-refractivity contribution in [2.75, 3.05) is 0 Å². The minimum absolute atomic E-state index is 0.193. The van der Waals surface area contributed by atoms with Gasteiger partial charge in [0.05, 0.1) is 5.69 Å². The fourth-order valence-electron chi connectivity index (χ4n) is 2.13. The van der Waals surface area contributed by atoms with Gasteiger partial charge in [0.2, 0.25) is 5.88 Å². The smallest absolute Gasteiger partial charge is 0.223 e. The van der Waals surface area contributed by atoms with E-state index < -0.39 is 11.6 Å². The van der Waals surface area contributed by atoms with Crippen LogP contribution < -0.4 is 10.1 Å². The molecule has 2 aromatic heterocycles. The molecule has 0 saturated carbocycles. The monoisotopic (exact) mass is 327 g/mol. The van der Waals surface area contributed by atoms with Crippen molar-refractivity contribution in [3.8, 4) is 11.6 Å². The van der Waals surface area contributed by atoms with Gasteiger partial charge in [-0.3, -0.25) is 4.98 Å². The molecule has 1 aromatic carbocycles. The Labute approximate surface area is 138 Å². The van der Waals surface area contributed by atoms with Gasteiger partial charge in [-0.05, 0) is 30.3 Å². The molecular weight excluding hydrogens is 312 g/mol. The predicted octanol–water partition coefficient (Wildman–Crippen LogP) is 3.84. The summed E-state index contributed by atoms with van der Waals surface area (Å²) in [6.45, 7) is 1.10. The maximum Gasteiger partial charge on any atom is 0.223 e. The summed E-state index contributed by atoms with van der Waals surface area (Å²) < 4.78 is 31.8. The van der Waals surface area contributed by atoms with E-state index in [9.17, 15) is 8.78 Å². The summed E-state index contributed by atoms with van der Waals surface area (Å²) in [5.74, 6) is -1.34. The van der Waals surface area contributed by atoms with Crippen LogP contribution in [0.4, 0.5) is 8.78 Å². The van der Waals surface area contributed by atoms with Gasteiger partial charge in [0.25, 0.3) is 0 Å². The second-order valence-electron chi connectivity index (χ2n) is 5.07. The molecule has 0 bridgehead atoms. The minimum atomic E-state index is -0.960. The van der Waals surface area contributed by atoms with Crippen LogP contribution in [0.25, 0.3) is 0 Å². The zero-order chi connectivity index (χ0) is 16.8. The van der Waals surface area contributed by atoms with Gasteiger partial charge in [0, 0.05) is 37.1 Å². The molecule has 122 valence electrons. The first-order valence-electron chi connectivity index (χ1n) is 7.40. The van der Waals surface area contributed by atoms with Crippen LogP contribution in [0.5, 0.6) is 11.6 Å². The third-order valence-electron chi connectivity index (χ3n) is 3.30. The third kappa shape index (κ3) is 4.11. The van der Waals surface area contributed by atoms with E-state index in [0.29, 0.717) is 19.0 Å². The SMILES string of the molecule is Fc1ccc(Oc2ncccc2CNCc2ccccn2)cc1F. The molecule has 24 heavy (non-hydrogen) atoms. The van der Waals surface area contributed by atoms with Gasteiger partial charge in [0.15, 0.2) is 11.6 Å². The van der Waals surface area contributed by atoms with Crippen molar-refractivity contribution in [1.82, 2.24) is 15.3 Å². The van der Waals surface area contributed by atoms with Crippen molar-refractivity contribution in [2.24, 2.45) is 0 Å². The van der Waals surface area contributed by atoms with Crippen LogP contribution in [0, 0.1) is 11.6 Å². The summed E-state index contributed by atoms with van der Waals surface area (Å²) in [7, 11) is 0. The molecule has 0 aliphatic carbocycles. The standard InChI is InChI=1S/C18H15F2N3O/c19-16-7-6-15(10-17(16)20)24-18-13(4-3-9-23-18)11-21-12-14-5-1-2-8-22-14/h1-10,21H,11-12H2. The molecule has 2 heterocycles. The van der Waals surface area contributed by atoms with E-state index >= 15 is 0 Å². The average molecular weight is 327 g/mol. The fourth-order valence-corrected chi connectivity index (χ4v) is 2.13. The number of halogens is 2. The summed E-state index contributed by atoms with van der Waals surface area (Å²) in [6.07, 6.45) is 3.32. The highest BCUT2D eigenvalue weighted by Crippen LogP contribution is 2.24. The topological polar surface area (TPSA) is 47.0 Å². The largest absolute Gasteiger partial charge is 0.439 e. The number of pyridine rings is 2. The van der Waals surface area contributed by atoms with Crippen LogP contribution >= 0.6 is 0 Å². The number of hydrogen-bond donors (Lipinski definition) is 1. The van der Waals surface area contributed by atoms with Gasteiger partial charge in [-0.1, -0.05) is 12.1 Å². The highest BCUT2D eigenvalue weighted by molar-refractivity contribution is 5.32. The molecule has 0 aliphatic heterocycles. The lowest BCUT2D eigenvalue weighted by Crippen LogP contribution is -2.14. The Kier molecular flexibility index (Phi) is 5.08. The van der Waals surface area contributed by atoms with Gasteiger partial charge in [0.1, 0.15) is 5.75 Å². The molecule has 0 atom stereocenters. The van der Waals surface area contributed by atoms with Crippen molar-refractivity contribution < 1.29 is 13.5 Å². The van der Waals surface area contributed by atoms with Crippen molar-refractivity contribution in [1.29, 1.82) is 0 Å². The van der Waals surface area contributed by atoms with E-state index in [2.05, 4.69) is 15.3 Å². The van der Waals surface area contributed by atoms with Gasteiger partial charge in [-0.25, -0.2) is 13.8 Å². The molecule has 0 spiro atoms. The van der Waals surface area contributed by atoms with Crippen molar-refractivity contribution in [3.63, 3.8) is 0 Å². The molecule has 6 heteroatoms. The highest BCUT2D eigenvalue weighted by Gasteiger charge is 2.09. The number of aromatic nitrogens is 2. The summed E-state index contributed by atoms with van der Waals surface area (Å²) in [6, 6.07) is 12.7. The lowest BCUT2D eigenvalue weighted by Gasteiger charge is -2.11. The quantitative estimate of drug-likeness (QED) is 0.747. The molecule has 0 aliphatic rings. The Balaban J connectivity index is 1.67. The molecule has 0 unspecified atom stereocenters. The molecule has 1 N–H and O–H groups in total. The lowest BCUT2D eigenvalue weighted by atomic mass is 10.2. The van der Waals surface area contributed by atoms with Gasteiger partial charge < -0.3 is 10.1 Å². The number of benzene rings is 1. The van der Waals surface area contributed by atoms with Crippen LogP contribution in [-0.2, 0) is 13.1 Å². The Bertz CT molecular complexity index is 812. The van der Waals surface area contributed by atoms with Crippen molar-refractivity contribution in [2.45, 2.75) is 13.1 Å². The van der Waals surface area contributed by atoms with Crippen LogP contribution in [-0.4, -0.2) is 9.97 Å². The van der Waals surface area contributed by atoms with Crippen LogP contribution in [0.1, 0.15) is 11.3 Å². The van der Waals surface area contributed by atoms with E-state index in [1.165, 1.54) is 6.07 Å². The average Bonchev–Trinajstić information content (AvgIpc) is 2.61. The molecule has 0 fully saturated rings. The predicted molar refractivity (Wildman–Crippen MR) is 85.4 cm³/mol. The number of ether oxygens (including phenoxy) is 1. The van der Waals surface area contributed by atoms with Gasteiger partial charge in [-0.15, -0.1) is 0 Å². The molecule has 0 saturated heterocycles. The zero-order valence-electron chi connectivity index (χ0n) is 12.7. The van der Waals surface area contributed by atoms with Crippen LogP contribution in [0.3, 0.4) is 0 Å². The highest BCUT2D eigenvalue weighted by atomic mass is 19.2. The Morgan fingerprint density at radius 3 is 2.54 bits per heavy atom. The summed E-state index contributed by atoms with van der Waals surface area (Å²) >= 11 is 0. The molecule has 3 aromatic rings. The lowest BCUT2D eigenvalue weighted by molar-refractivity contribution is 0.440. The molecule has 0 amide bonds. The van der Waals surface area contributed by atoms with E-state index in [1.807, 2.05) is 24.3 Å². The molecule has 3 rings (SSSR count). The first-order chi connectivity index (χ1) is 11.7.